The van der Waals surface area contributed by atoms with Crippen LogP contribution >= 0.6 is 0 Å². The van der Waals surface area contributed by atoms with Crippen molar-refractivity contribution in [1.29, 1.82) is 5.26 Å². The average Bonchev–Trinajstić information content (AvgIpc) is 3.30. The molecule has 1 amide bonds. The summed E-state index contributed by atoms with van der Waals surface area (Å²) in [5.41, 5.74) is 2.55. The number of hydrogen-bond donors (Lipinski definition) is 0. The number of aromatic nitrogens is 1. The summed E-state index contributed by atoms with van der Waals surface area (Å²) >= 11 is 0. The van der Waals surface area contributed by atoms with Crippen molar-refractivity contribution in [1.82, 2.24) is 9.88 Å². The molecule has 0 radical (unpaired) electrons. The summed E-state index contributed by atoms with van der Waals surface area (Å²) in [5.74, 6) is 1.36. The highest BCUT2D eigenvalue weighted by molar-refractivity contribution is 5.81. The van der Waals surface area contributed by atoms with Crippen LogP contribution < -0.4 is 4.90 Å². The van der Waals surface area contributed by atoms with Gasteiger partial charge in [0.05, 0.1) is 5.56 Å². The summed E-state index contributed by atoms with van der Waals surface area (Å²) in [7, 11) is 0. The largest absolute Gasteiger partial charge is 0.352 e. The van der Waals surface area contributed by atoms with Gasteiger partial charge in [0.2, 0.25) is 5.91 Å². The first kappa shape index (κ1) is 13.9. The molecule has 2 fully saturated rings. The first-order valence-corrected chi connectivity index (χ1v) is 7.52. The highest BCUT2D eigenvalue weighted by Gasteiger charge is 2.35. The van der Waals surface area contributed by atoms with Crippen LogP contribution in [-0.2, 0) is 4.79 Å². The Hall–Kier alpha value is -2.09. The molecule has 2 heterocycles. The molecule has 2 aliphatic rings. The van der Waals surface area contributed by atoms with Crippen molar-refractivity contribution in [3.63, 3.8) is 0 Å². The number of rotatable bonds is 2. The number of carbonyl (C=O) groups is 1. The van der Waals surface area contributed by atoms with E-state index in [9.17, 15) is 10.1 Å². The van der Waals surface area contributed by atoms with Gasteiger partial charge in [-0.2, -0.15) is 5.26 Å². The Balaban J connectivity index is 1.75. The lowest BCUT2D eigenvalue weighted by molar-refractivity contribution is -0.132. The summed E-state index contributed by atoms with van der Waals surface area (Å²) in [6.07, 6.45) is 2.10. The van der Waals surface area contributed by atoms with Gasteiger partial charge in [0.15, 0.2) is 0 Å². The quantitative estimate of drug-likeness (QED) is 0.828. The van der Waals surface area contributed by atoms with E-state index in [1.54, 1.807) is 0 Å². The molecular weight excluding hydrogens is 264 g/mol. The molecule has 0 spiro atoms. The van der Waals surface area contributed by atoms with Crippen LogP contribution in [0.15, 0.2) is 6.07 Å². The molecule has 0 atom stereocenters. The standard InChI is InChI=1S/C16H20N4O/c1-11-9-12(2)18-15(14(11)10-17)19-5-7-20(8-6-19)16(21)13-3-4-13/h9,13H,3-8H2,1-2H3. The zero-order chi connectivity index (χ0) is 15.0. The van der Waals surface area contributed by atoms with Gasteiger partial charge in [-0.1, -0.05) is 0 Å². The first-order chi connectivity index (χ1) is 10.1. The van der Waals surface area contributed by atoms with Crippen LogP contribution in [-0.4, -0.2) is 42.0 Å². The molecule has 21 heavy (non-hydrogen) atoms. The van der Waals surface area contributed by atoms with E-state index in [1.165, 1.54) is 0 Å². The second-order valence-electron chi connectivity index (χ2n) is 5.98. The van der Waals surface area contributed by atoms with Gasteiger partial charge in [-0.3, -0.25) is 4.79 Å². The Morgan fingerprint density at radius 2 is 1.95 bits per heavy atom. The molecule has 1 aliphatic carbocycles. The fourth-order valence-corrected chi connectivity index (χ4v) is 2.91. The van der Waals surface area contributed by atoms with E-state index in [4.69, 9.17) is 0 Å². The molecule has 0 bridgehead atoms. The van der Waals surface area contributed by atoms with Crippen LogP contribution in [0.3, 0.4) is 0 Å². The van der Waals surface area contributed by atoms with Crippen LogP contribution in [0.25, 0.3) is 0 Å². The monoisotopic (exact) mass is 284 g/mol. The molecule has 0 aromatic carbocycles. The summed E-state index contributed by atoms with van der Waals surface area (Å²) in [6.45, 7) is 6.87. The SMILES string of the molecule is Cc1cc(C)c(C#N)c(N2CCN(C(=O)C3CC3)CC2)n1. The van der Waals surface area contributed by atoms with Crippen molar-refractivity contribution in [3.05, 3.63) is 22.9 Å². The van der Waals surface area contributed by atoms with Gasteiger partial charge in [-0.05, 0) is 38.3 Å². The minimum absolute atomic E-state index is 0.283. The van der Waals surface area contributed by atoms with E-state index in [1.807, 2.05) is 24.8 Å². The van der Waals surface area contributed by atoms with E-state index >= 15 is 0 Å². The molecule has 110 valence electrons. The number of anilines is 1. The summed E-state index contributed by atoms with van der Waals surface area (Å²) in [4.78, 5) is 20.7. The van der Waals surface area contributed by atoms with E-state index in [0.717, 1.165) is 56.1 Å². The summed E-state index contributed by atoms with van der Waals surface area (Å²) < 4.78 is 0. The zero-order valence-corrected chi connectivity index (χ0v) is 12.6. The van der Waals surface area contributed by atoms with Crippen molar-refractivity contribution in [2.24, 2.45) is 5.92 Å². The number of carbonyl (C=O) groups excluding carboxylic acids is 1. The van der Waals surface area contributed by atoms with Crippen molar-refractivity contribution in [2.45, 2.75) is 26.7 Å². The highest BCUT2D eigenvalue weighted by Crippen LogP contribution is 2.31. The fourth-order valence-electron chi connectivity index (χ4n) is 2.91. The van der Waals surface area contributed by atoms with Gasteiger partial charge in [0.25, 0.3) is 0 Å². The van der Waals surface area contributed by atoms with Crippen LogP contribution in [0.1, 0.15) is 29.7 Å². The summed E-state index contributed by atoms with van der Waals surface area (Å²) in [6, 6.07) is 4.21. The molecule has 1 aromatic rings. The first-order valence-electron chi connectivity index (χ1n) is 7.52. The van der Waals surface area contributed by atoms with Crippen LogP contribution in [0, 0.1) is 31.1 Å². The third-order valence-corrected chi connectivity index (χ3v) is 4.25. The maximum absolute atomic E-state index is 12.1. The van der Waals surface area contributed by atoms with Crippen molar-refractivity contribution < 1.29 is 4.79 Å². The minimum atomic E-state index is 0.283. The Morgan fingerprint density at radius 3 is 2.52 bits per heavy atom. The highest BCUT2D eigenvalue weighted by atomic mass is 16.2. The molecule has 0 N–H and O–H groups in total. The normalized spacial score (nSPS) is 18.5. The van der Waals surface area contributed by atoms with E-state index in [0.29, 0.717) is 11.5 Å². The predicted molar refractivity (Wildman–Crippen MR) is 79.9 cm³/mol. The zero-order valence-electron chi connectivity index (χ0n) is 12.6. The Labute approximate surface area is 125 Å². The van der Waals surface area contributed by atoms with Crippen LogP contribution in [0.2, 0.25) is 0 Å². The van der Waals surface area contributed by atoms with Crippen molar-refractivity contribution >= 4 is 11.7 Å². The lowest BCUT2D eigenvalue weighted by atomic mass is 10.1. The van der Waals surface area contributed by atoms with E-state index in [-0.39, 0.29) is 5.92 Å². The molecule has 5 heteroatoms. The maximum atomic E-state index is 12.1. The Kier molecular flexibility index (Phi) is 3.54. The summed E-state index contributed by atoms with van der Waals surface area (Å²) in [5, 5.41) is 9.36. The molecule has 0 unspecified atom stereocenters. The van der Waals surface area contributed by atoms with Crippen LogP contribution in [0.5, 0.6) is 0 Å². The molecule has 1 aromatic heterocycles. The maximum Gasteiger partial charge on any atom is 0.225 e. The fraction of sp³-hybridized carbons (Fsp3) is 0.562. The average molecular weight is 284 g/mol. The third-order valence-electron chi connectivity index (χ3n) is 4.25. The van der Waals surface area contributed by atoms with Gasteiger partial charge in [0, 0.05) is 37.8 Å². The predicted octanol–water partition coefficient (Wildman–Crippen LogP) is 1.63. The number of nitrogens with zero attached hydrogens (tertiary/aromatic N) is 4. The number of hydrogen-bond acceptors (Lipinski definition) is 4. The number of aryl methyl sites for hydroxylation is 2. The van der Waals surface area contributed by atoms with Gasteiger partial charge >= 0.3 is 0 Å². The Morgan fingerprint density at radius 1 is 1.29 bits per heavy atom. The smallest absolute Gasteiger partial charge is 0.225 e. The Bertz CT molecular complexity index is 607. The topological polar surface area (TPSA) is 60.2 Å². The van der Waals surface area contributed by atoms with Crippen molar-refractivity contribution in [3.8, 4) is 6.07 Å². The van der Waals surface area contributed by atoms with Gasteiger partial charge < -0.3 is 9.80 Å². The van der Waals surface area contributed by atoms with E-state index in [2.05, 4.69) is 16.0 Å². The lowest BCUT2D eigenvalue weighted by Crippen LogP contribution is -2.49. The second kappa shape index (κ2) is 5.36. The lowest BCUT2D eigenvalue weighted by Gasteiger charge is -2.36. The number of amides is 1. The second-order valence-corrected chi connectivity index (χ2v) is 5.98. The molecule has 5 nitrogen and oxygen atoms in total. The van der Waals surface area contributed by atoms with Gasteiger partial charge in [-0.25, -0.2) is 4.98 Å². The number of piperazine rings is 1. The molecular formula is C16H20N4O. The molecule has 1 saturated carbocycles. The van der Waals surface area contributed by atoms with Crippen LogP contribution in [0.4, 0.5) is 5.82 Å². The number of nitriles is 1. The third kappa shape index (κ3) is 2.71. The molecule has 1 saturated heterocycles. The van der Waals surface area contributed by atoms with Gasteiger partial charge in [0.1, 0.15) is 11.9 Å². The van der Waals surface area contributed by atoms with E-state index < -0.39 is 0 Å². The minimum Gasteiger partial charge on any atom is -0.352 e. The van der Waals surface area contributed by atoms with Crippen molar-refractivity contribution in [2.75, 3.05) is 31.1 Å². The van der Waals surface area contributed by atoms with Gasteiger partial charge in [-0.15, -0.1) is 0 Å². The molecule has 1 aliphatic heterocycles. The number of pyridine rings is 1. The molecule has 3 rings (SSSR count).